The molecule has 126 valence electrons. The van der Waals surface area contributed by atoms with Gasteiger partial charge in [0.05, 0.1) is 0 Å². The zero-order valence-electron chi connectivity index (χ0n) is 13.9. The highest BCUT2D eigenvalue weighted by molar-refractivity contribution is 7.71. The van der Waals surface area contributed by atoms with Gasteiger partial charge in [-0.05, 0) is 30.8 Å². The average molecular weight is 352 g/mol. The maximum atomic E-state index is 6.08. The Morgan fingerprint density at radius 1 is 1.09 bits per heavy atom. The van der Waals surface area contributed by atoms with Crippen molar-refractivity contribution in [1.29, 1.82) is 0 Å². The van der Waals surface area contributed by atoms with E-state index in [0.717, 1.165) is 29.4 Å². The molecule has 0 aliphatic rings. The number of aromatic nitrogens is 3. The standard InChI is InChI=1S/C18H26ClN3S/c1-2-3-4-5-6-7-8-9-13-22-17(20-21-18(22)23)15-11-10-12-16(19)14-15/h10-12,14H,2-9,13H2,1H3,(H,21,23). The summed E-state index contributed by atoms with van der Waals surface area (Å²) in [5.74, 6) is 0.875. The third-order valence-electron chi connectivity index (χ3n) is 4.08. The predicted molar refractivity (Wildman–Crippen MR) is 100 cm³/mol. The van der Waals surface area contributed by atoms with Gasteiger partial charge in [0.1, 0.15) is 0 Å². The molecule has 0 amide bonds. The van der Waals surface area contributed by atoms with Crippen molar-refractivity contribution in [1.82, 2.24) is 14.8 Å². The van der Waals surface area contributed by atoms with E-state index in [4.69, 9.17) is 23.8 Å². The maximum Gasteiger partial charge on any atom is 0.195 e. The molecule has 0 saturated heterocycles. The summed E-state index contributed by atoms with van der Waals surface area (Å²) in [7, 11) is 0. The Bertz CT molecular complexity index is 648. The second kappa shape index (κ2) is 9.89. The van der Waals surface area contributed by atoms with Crippen molar-refractivity contribution in [3.05, 3.63) is 34.1 Å². The van der Waals surface area contributed by atoms with E-state index in [9.17, 15) is 0 Å². The lowest BCUT2D eigenvalue weighted by atomic mass is 10.1. The van der Waals surface area contributed by atoms with Gasteiger partial charge in [0.15, 0.2) is 10.6 Å². The Hall–Kier alpha value is -1.13. The van der Waals surface area contributed by atoms with Gasteiger partial charge < -0.3 is 4.57 Å². The molecule has 0 aliphatic carbocycles. The normalized spacial score (nSPS) is 11.0. The fourth-order valence-electron chi connectivity index (χ4n) is 2.78. The SMILES string of the molecule is CCCCCCCCCCn1c(-c2cccc(Cl)c2)n[nH]c1=S. The number of H-pyrrole nitrogens is 1. The second-order valence-electron chi connectivity index (χ2n) is 5.99. The number of hydrogen-bond acceptors (Lipinski definition) is 2. The van der Waals surface area contributed by atoms with Crippen LogP contribution in [0, 0.1) is 4.77 Å². The van der Waals surface area contributed by atoms with E-state index in [1.807, 2.05) is 24.3 Å². The Kier molecular flexibility index (Phi) is 7.83. The molecule has 0 spiro atoms. The summed E-state index contributed by atoms with van der Waals surface area (Å²) in [5, 5.41) is 7.98. The lowest BCUT2D eigenvalue weighted by molar-refractivity contribution is 0.543. The minimum Gasteiger partial charge on any atom is -0.300 e. The van der Waals surface area contributed by atoms with Gasteiger partial charge in [-0.15, -0.1) is 0 Å². The van der Waals surface area contributed by atoms with Crippen molar-refractivity contribution >= 4 is 23.8 Å². The van der Waals surface area contributed by atoms with Gasteiger partial charge in [0.2, 0.25) is 0 Å². The summed E-state index contributed by atoms with van der Waals surface area (Å²) in [4.78, 5) is 0. The van der Waals surface area contributed by atoms with Crippen molar-refractivity contribution in [3.63, 3.8) is 0 Å². The first-order chi connectivity index (χ1) is 11.2. The van der Waals surface area contributed by atoms with Crippen molar-refractivity contribution < 1.29 is 0 Å². The molecule has 0 fully saturated rings. The minimum atomic E-state index is 0.683. The highest BCUT2D eigenvalue weighted by Gasteiger charge is 2.08. The van der Waals surface area contributed by atoms with E-state index in [0.29, 0.717) is 4.77 Å². The molecular formula is C18H26ClN3S. The molecule has 1 N–H and O–H groups in total. The number of rotatable bonds is 10. The number of halogens is 1. The first kappa shape index (κ1) is 18.2. The third kappa shape index (κ3) is 5.78. The van der Waals surface area contributed by atoms with Gasteiger partial charge in [0, 0.05) is 17.1 Å². The first-order valence-corrected chi connectivity index (χ1v) is 9.42. The van der Waals surface area contributed by atoms with E-state index in [-0.39, 0.29) is 0 Å². The monoisotopic (exact) mass is 351 g/mol. The van der Waals surface area contributed by atoms with Crippen molar-refractivity contribution in [2.24, 2.45) is 0 Å². The molecule has 0 unspecified atom stereocenters. The number of unbranched alkanes of at least 4 members (excludes halogenated alkanes) is 7. The molecule has 1 aromatic heterocycles. The van der Waals surface area contributed by atoms with Gasteiger partial charge in [0.25, 0.3) is 0 Å². The Morgan fingerprint density at radius 3 is 2.48 bits per heavy atom. The van der Waals surface area contributed by atoms with Crippen LogP contribution in [0.1, 0.15) is 58.3 Å². The fourth-order valence-corrected chi connectivity index (χ4v) is 3.19. The van der Waals surface area contributed by atoms with Crippen LogP contribution >= 0.6 is 23.8 Å². The fraction of sp³-hybridized carbons (Fsp3) is 0.556. The first-order valence-electron chi connectivity index (χ1n) is 8.63. The molecule has 2 rings (SSSR count). The molecule has 0 bridgehead atoms. The average Bonchev–Trinajstić information content (AvgIpc) is 2.91. The number of hydrogen-bond donors (Lipinski definition) is 1. The number of nitrogens with zero attached hydrogens (tertiary/aromatic N) is 2. The predicted octanol–water partition coefficient (Wildman–Crippen LogP) is 6.40. The highest BCUT2D eigenvalue weighted by Crippen LogP contribution is 2.21. The summed E-state index contributed by atoms with van der Waals surface area (Å²) in [6.07, 6.45) is 10.5. The summed E-state index contributed by atoms with van der Waals surface area (Å²) >= 11 is 11.4. The zero-order chi connectivity index (χ0) is 16.5. The molecule has 0 radical (unpaired) electrons. The van der Waals surface area contributed by atoms with Gasteiger partial charge in [-0.1, -0.05) is 75.6 Å². The number of benzene rings is 1. The molecule has 0 saturated carbocycles. The van der Waals surface area contributed by atoms with Crippen molar-refractivity contribution in [2.45, 2.75) is 64.8 Å². The summed E-state index contributed by atoms with van der Waals surface area (Å²) in [5.41, 5.74) is 1.00. The third-order valence-corrected chi connectivity index (χ3v) is 4.62. The molecule has 23 heavy (non-hydrogen) atoms. The Labute approximate surface area is 149 Å². The van der Waals surface area contributed by atoms with Crippen LogP contribution in [0.2, 0.25) is 5.02 Å². The van der Waals surface area contributed by atoms with E-state index >= 15 is 0 Å². The molecule has 2 aromatic rings. The second-order valence-corrected chi connectivity index (χ2v) is 6.81. The van der Waals surface area contributed by atoms with E-state index in [1.165, 1.54) is 44.9 Å². The van der Waals surface area contributed by atoms with Crippen LogP contribution in [-0.4, -0.2) is 14.8 Å². The number of aromatic amines is 1. The van der Waals surface area contributed by atoms with E-state index < -0.39 is 0 Å². The lowest BCUT2D eigenvalue weighted by Crippen LogP contribution is -2.01. The molecule has 3 nitrogen and oxygen atoms in total. The molecule has 0 atom stereocenters. The van der Waals surface area contributed by atoms with Gasteiger partial charge in [-0.25, -0.2) is 0 Å². The zero-order valence-corrected chi connectivity index (χ0v) is 15.4. The Morgan fingerprint density at radius 2 is 1.78 bits per heavy atom. The van der Waals surface area contributed by atoms with E-state index in [2.05, 4.69) is 21.7 Å². The van der Waals surface area contributed by atoms with Crippen LogP contribution < -0.4 is 0 Å². The van der Waals surface area contributed by atoms with Crippen LogP contribution in [0.5, 0.6) is 0 Å². The summed E-state index contributed by atoms with van der Waals surface area (Å²) < 4.78 is 2.76. The van der Waals surface area contributed by atoms with Crippen LogP contribution in [0.4, 0.5) is 0 Å². The molecular weight excluding hydrogens is 326 g/mol. The molecule has 1 heterocycles. The number of nitrogens with one attached hydrogen (secondary N) is 1. The maximum absolute atomic E-state index is 6.08. The van der Waals surface area contributed by atoms with Crippen molar-refractivity contribution in [2.75, 3.05) is 0 Å². The van der Waals surface area contributed by atoms with Crippen LogP contribution in [0.3, 0.4) is 0 Å². The largest absolute Gasteiger partial charge is 0.300 e. The van der Waals surface area contributed by atoms with Gasteiger partial charge >= 0.3 is 0 Å². The van der Waals surface area contributed by atoms with Crippen LogP contribution in [-0.2, 0) is 6.54 Å². The quantitative estimate of drug-likeness (QED) is 0.396. The Balaban J connectivity index is 1.84. The van der Waals surface area contributed by atoms with Crippen molar-refractivity contribution in [3.8, 4) is 11.4 Å². The van der Waals surface area contributed by atoms with Gasteiger partial charge in [-0.2, -0.15) is 5.10 Å². The molecule has 5 heteroatoms. The van der Waals surface area contributed by atoms with Crippen LogP contribution in [0.15, 0.2) is 24.3 Å². The minimum absolute atomic E-state index is 0.683. The lowest BCUT2D eigenvalue weighted by Gasteiger charge is -2.07. The molecule has 1 aromatic carbocycles. The van der Waals surface area contributed by atoms with Gasteiger partial charge in [-0.3, -0.25) is 5.10 Å². The smallest absolute Gasteiger partial charge is 0.195 e. The summed E-state index contributed by atoms with van der Waals surface area (Å²) in [6, 6.07) is 7.75. The topological polar surface area (TPSA) is 33.6 Å². The van der Waals surface area contributed by atoms with E-state index in [1.54, 1.807) is 0 Å². The summed E-state index contributed by atoms with van der Waals surface area (Å²) in [6.45, 7) is 3.16. The molecule has 0 aliphatic heterocycles. The highest BCUT2D eigenvalue weighted by atomic mass is 35.5. The van der Waals surface area contributed by atoms with Crippen LogP contribution in [0.25, 0.3) is 11.4 Å².